The third kappa shape index (κ3) is 2.73. The first kappa shape index (κ1) is 14.3. The number of nitrogens with zero attached hydrogens (tertiary/aromatic N) is 1. The average Bonchev–Trinajstić information content (AvgIpc) is 2.70. The molecule has 1 aliphatic heterocycles. The van der Waals surface area contributed by atoms with Crippen LogP contribution in [0.25, 0.3) is 0 Å². The van der Waals surface area contributed by atoms with Crippen LogP contribution in [-0.2, 0) is 4.79 Å². The highest BCUT2D eigenvalue weighted by molar-refractivity contribution is 6.22. The van der Waals surface area contributed by atoms with E-state index >= 15 is 0 Å². The molecule has 0 aliphatic carbocycles. The molecule has 2 rings (SSSR count). The lowest BCUT2D eigenvalue weighted by Crippen LogP contribution is -2.32. The van der Waals surface area contributed by atoms with Gasteiger partial charge in [0, 0.05) is 6.54 Å². The molecular weight excluding hydrogens is 262 g/mol. The van der Waals surface area contributed by atoms with Crippen LogP contribution < -0.4 is 15.5 Å². The molecular formula is C13H17N3O4. The molecule has 1 aromatic rings. The van der Waals surface area contributed by atoms with Gasteiger partial charge in [0.05, 0.1) is 24.1 Å². The van der Waals surface area contributed by atoms with E-state index in [0.29, 0.717) is 11.4 Å². The van der Waals surface area contributed by atoms with Crippen molar-refractivity contribution in [3.05, 3.63) is 24.3 Å². The highest BCUT2D eigenvalue weighted by atomic mass is 16.3. The van der Waals surface area contributed by atoms with Crippen LogP contribution >= 0.6 is 0 Å². The zero-order valence-corrected chi connectivity index (χ0v) is 11.0. The average molecular weight is 279 g/mol. The molecule has 108 valence electrons. The van der Waals surface area contributed by atoms with Crippen LogP contribution in [0.5, 0.6) is 0 Å². The number of imide groups is 1. The molecule has 0 saturated carbocycles. The number of nitrogens with one attached hydrogen (secondary N) is 2. The van der Waals surface area contributed by atoms with E-state index in [4.69, 9.17) is 5.11 Å². The van der Waals surface area contributed by atoms with Gasteiger partial charge in [0.15, 0.2) is 0 Å². The SMILES string of the molecule is CC1NC(=O)N(c2ccccc2NCC(O)CO)C1=O. The van der Waals surface area contributed by atoms with Crippen LogP contribution in [0, 0.1) is 0 Å². The molecule has 4 N–H and O–H groups in total. The van der Waals surface area contributed by atoms with Gasteiger partial charge in [-0.3, -0.25) is 4.79 Å². The molecule has 2 atom stereocenters. The van der Waals surface area contributed by atoms with E-state index in [1.165, 1.54) is 0 Å². The summed E-state index contributed by atoms with van der Waals surface area (Å²) in [5.74, 6) is -0.327. The standard InChI is InChI=1S/C13H17N3O4/c1-8-12(19)16(13(20)15-8)11-5-3-2-4-10(11)14-6-9(18)7-17/h2-5,8-9,14,17-18H,6-7H2,1H3,(H,15,20). The lowest BCUT2D eigenvalue weighted by Gasteiger charge is -2.19. The van der Waals surface area contributed by atoms with Gasteiger partial charge in [-0.15, -0.1) is 0 Å². The Morgan fingerprint density at radius 1 is 1.40 bits per heavy atom. The second kappa shape index (κ2) is 5.89. The van der Waals surface area contributed by atoms with E-state index in [1.54, 1.807) is 31.2 Å². The summed E-state index contributed by atoms with van der Waals surface area (Å²) in [7, 11) is 0. The molecule has 1 aliphatic rings. The number of para-hydroxylation sites is 2. The minimum atomic E-state index is -0.912. The Kier molecular flexibility index (Phi) is 4.21. The number of urea groups is 1. The van der Waals surface area contributed by atoms with Crippen molar-refractivity contribution in [1.29, 1.82) is 0 Å². The Morgan fingerprint density at radius 2 is 2.10 bits per heavy atom. The van der Waals surface area contributed by atoms with Gasteiger partial charge in [-0.05, 0) is 19.1 Å². The predicted molar refractivity (Wildman–Crippen MR) is 73.5 cm³/mol. The quantitative estimate of drug-likeness (QED) is 0.564. The van der Waals surface area contributed by atoms with E-state index in [1.807, 2.05) is 0 Å². The molecule has 20 heavy (non-hydrogen) atoms. The molecule has 0 aromatic heterocycles. The first-order valence-corrected chi connectivity index (χ1v) is 6.31. The van der Waals surface area contributed by atoms with Crippen molar-refractivity contribution in [2.75, 3.05) is 23.4 Å². The first-order chi connectivity index (χ1) is 9.54. The number of carbonyl (C=O) groups is 2. The van der Waals surface area contributed by atoms with Crippen molar-refractivity contribution in [3.8, 4) is 0 Å². The van der Waals surface area contributed by atoms with Gasteiger partial charge in [0.2, 0.25) is 0 Å². The summed E-state index contributed by atoms with van der Waals surface area (Å²) < 4.78 is 0. The van der Waals surface area contributed by atoms with E-state index in [2.05, 4.69) is 10.6 Å². The third-order valence-electron chi connectivity index (χ3n) is 3.02. The number of benzene rings is 1. The summed E-state index contributed by atoms with van der Waals surface area (Å²) in [6, 6.07) is 5.77. The fraction of sp³-hybridized carbons (Fsp3) is 0.385. The fourth-order valence-electron chi connectivity index (χ4n) is 1.94. The highest BCUT2D eigenvalue weighted by Gasteiger charge is 2.37. The Morgan fingerprint density at radius 3 is 2.70 bits per heavy atom. The van der Waals surface area contributed by atoms with Crippen molar-refractivity contribution in [3.63, 3.8) is 0 Å². The lowest BCUT2D eigenvalue weighted by molar-refractivity contribution is -0.117. The summed E-state index contributed by atoms with van der Waals surface area (Å²) in [5.41, 5.74) is 0.960. The second-order valence-electron chi connectivity index (χ2n) is 4.58. The molecule has 1 fully saturated rings. The van der Waals surface area contributed by atoms with E-state index in [9.17, 15) is 14.7 Å². The number of anilines is 2. The number of rotatable bonds is 5. The second-order valence-corrected chi connectivity index (χ2v) is 4.58. The highest BCUT2D eigenvalue weighted by Crippen LogP contribution is 2.28. The van der Waals surface area contributed by atoms with Crippen LogP contribution in [-0.4, -0.2) is 47.4 Å². The van der Waals surface area contributed by atoms with Gasteiger partial charge >= 0.3 is 6.03 Å². The van der Waals surface area contributed by atoms with E-state index in [-0.39, 0.29) is 19.1 Å². The Labute approximate surface area is 116 Å². The summed E-state index contributed by atoms with van der Waals surface area (Å²) >= 11 is 0. The third-order valence-corrected chi connectivity index (χ3v) is 3.02. The smallest absolute Gasteiger partial charge is 0.329 e. The maximum Gasteiger partial charge on any atom is 0.329 e. The summed E-state index contributed by atoms with van der Waals surface area (Å²) in [6.07, 6.45) is -0.912. The fourth-order valence-corrected chi connectivity index (χ4v) is 1.94. The Balaban J connectivity index is 2.24. The molecule has 0 bridgehead atoms. The van der Waals surface area contributed by atoms with Crippen molar-refractivity contribution in [2.24, 2.45) is 0 Å². The zero-order chi connectivity index (χ0) is 14.7. The summed E-state index contributed by atoms with van der Waals surface area (Å²) in [6.45, 7) is 1.37. The van der Waals surface area contributed by atoms with Crippen molar-refractivity contribution >= 4 is 23.3 Å². The normalized spacial score (nSPS) is 19.9. The number of aliphatic hydroxyl groups excluding tert-OH is 2. The monoisotopic (exact) mass is 279 g/mol. The van der Waals surface area contributed by atoms with Gasteiger partial charge < -0.3 is 20.8 Å². The first-order valence-electron chi connectivity index (χ1n) is 6.31. The van der Waals surface area contributed by atoms with Crippen molar-refractivity contribution in [2.45, 2.75) is 19.1 Å². The van der Waals surface area contributed by atoms with Gasteiger partial charge in [-0.1, -0.05) is 12.1 Å². The van der Waals surface area contributed by atoms with Gasteiger partial charge in [-0.2, -0.15) is 0 Å². The zero-order valence-electron chi connectivity index (χ0n) is 11.0. The minimum Gasteiger partial charge on any atom is -0.394 e. The Bertz CT molecular complexity index is 520. The lowest BCUT2D eigenvalue weighted by atomic mass is 10.2. The summed E-state index contributed by atoms with van der Waals surface area (Å²) in [4.78, 5) is 24.9. The molecule has 1 heterocycles. The molecule has 1 saturated heterocycles. The maximum atomic E-state index is 12.0. The van der Waals surface area contributed by atoms with Crippen molar-refractivity contribution in [1.82, 2.24) is 5.32 Å². The van der Waals surface area contributed by atoms with Crippen molar-refractivity contribution < 1.29 is 19.8 Å². The predicted octanol–water partition coefficient (Wildman–Crippen LogP) is -0.104. The molecule has 3 amide bonds. The number of hydrogen-bond donors (Lipinski definition) is 4. The maximum absolute atomic E-state index is 12.0. The molecule has 0 spiro atoms. The van der Waals surface area contributed by atoms with Crippen LogP contribution in [0.4, 0.5) is 16.2 Å². The van der Waals surface area contributed by atoms with Crippen LogP contribution in [0.2, 0.25) is 0 Å². The van der Waals surface area contributed by atoms with Crippen LogP contribution in [0.15, 0.2) is 24.3 Å². The van der Waals surface area contributed by atoms with Gasteiger partial charge in [-0.25, -0.2) is 9.69 Å². The topological polar surface area (TPSA) is 102 Å². The number of carbonyl (C=O) groups excluding carboxylic acids is 2. The number of hydrogen-bond acceptors (Lipinski definition) is 5. The largest absolute Gasteiger partial charge is 0.394 e. The molecule has 7 heteroatoms. The van der Waals surface area contributed by atoms with Gasteiger partial charge in [0.25, 0.3) is 5.91 Å². The molecule has 2 unspecified atom stereocenters. The minimum absolute atomic E-state index is 0.118. The van der Waals surface area contributed by atoms with Crippen LogP contribution in [0.1, 0.15) is 6.92 Å². The van der Waals surface area contributed by atoms with E-state index in [0.717, 1.165) is 4.90 Å². The van der Waals surface area contributed by atoms with Crippen LogP contribution in [0.3, 0.4) is 0 Å². The molecule has 1 aromatic carbocycles. The van der Waals surface area contributed by atoms with Gasteiger partial charge in [0.1, 0.15) is 6.04 Å². The van der Waals surface area contributed by atoms with E-state index < -0.39 is 18.2 Å². The molecule has 0 radical (unpaired) electrons. The Hall–Kier alpha value is -2.12. The number of aliphatic hydroxyl groups is 2. The molecule has 7 nitrogen and oxygen atoms in total. The number of amides is 3. The summed E-state index contributed by atoms with van der Waals surface area (Å²) in [5, 5.41) is 23.6.